The van der Waals surface area contributed by atoms with E-state index in [2.05, 4.69) is 12.2 Å². The fourth-order valence-corrected chi connectivity index (χ4v) is 3.00. The van der Waals surface area contributed by atoms with Crippen LogP contribution in [0.3, 0.4) is 0 Å². The summed E-state index contributed by atoms with van der Waals surface area (Å²) in [5.74, 6) is 0.634. The smallest absolute Gasteiger partial charge is 0.258 e. The maximum absolute atomic E-state index is 12.4. The van der Waals surface area contributed by atoms with Gasteiger partial charge in [-0.2, -0.15) is 0 Å². The number of rotatable bonds is 7. The molecule has 1 amide bonds. The normalized spacial score (nSPS) is 11.9. The minimum Gasteiger partial charge on any atom is -0.483 e. The molecule has 0 aliphatic rings. The van der Waals surface area contributed by atoms with Gasteiger partial charge in [0.25, 0.3) is 5.91 Å². The first-order chi connectivity index (χ1) is 12.3. The van der Waals surface area contributed by atoms with E-state index in [4.69, 9.17) is 4.74 Å². The van der Waals surface area contributed by atoms with E-state index in [1.807, 2.05) is 72.8 Å². The van der Waals surface area contributed by atoms with E-state index in [9.17, 15) is 4.79 Å². The SMILES string of the molecule is CCC[C@@H](NC(=O)COc1cccc2ccccc12)c1ccccc1. The standard InChI is InChI=1S/C22H23NO2/c1-2-9-20(18-11-4-3-5-12-18)23-22(24)16-25-21-15-8-13-17-10-6-7-14-19(17)21/h3-8,10-15,20H,2,9,16H2,1H3,(H,23,24)/t20-/m1/s1. The highest BCUT2D eigenvalue weighted by Crippen LogP contribution is 2.25. The Morgan fingerprint density at radius 3 is 2.48 bits per heavy atom. The van der Waals surface area contributed by atoms with Gasteiger partial charge in [0, 0.05) is 5.39 Å². The van der Waals surface area contributed by atoms with Crippen LogP contribution in [0, 0.1) is 0 Å². The summed E-state index contributed by atoms with van der Waals surface area (Å²) in [6.07, 6.45) is 1.91. The van der Waals surface area contributed by atoms with Crippen molar-refractivity contribution < 1.29 is 9.53 Å². The zero-order valence-corrected chi connectivity index (χ0v) is 14.4. The molecule has 3 nitrogen and oxygen atoms in total. The van der Waals surface area contributed by atoms with Crippen molar-refractivity contribution in [3.8, 4) is 5.75 Å². The van der Waals surface area contributed by atoms with E-state index in [1.54, 1.807) is 0 Å². The highest BCUT2D eigenvalue weighted by Gasteiger charge is 2.14. The monoisotopic (exact) mass is 333 g/mol. The number of hydrogen-bond donors (Lipinski definition) is 1. The maximum atomic E-state index is 12.4. The van der Waals surface area contributed by atoms with Crippen LogP contribution in [-0.2, 0) is 4.79 Å². The molecule has 25 heavy (non-hydrogen) atoms. The molecule has 3 aromatic rings. The third kappa shape index (κ3) is 4.38. The van der Waals surface area contributed by atoms with E-state index in [0.717, 1.165) is 34.9 Å². The maximum Gasteiger partial charge on any atom is 0.258 e. The first kappa shape index (κ1) is 17.0. The van der Waals surface area contributed by atoms with Gasteiger partial charge in [-0.3, -0.25) is 4.79 Å². The Labute approximate surface area is 148 Å². The molecule has 0 saturated carbocycles. The molecule has 3 rings (SSSR count). The molecule has 0 saturated heterocycles. The molecule has 1 N–H and O–H groups in total. The fourth-order valence-electron chi connectivity index (χ4n) is 3.00. The lowest BCUT2D eigenvalue weighted by molar-refractivity contribution is -0.123. The lowest BCUT2D eigenvalue weighted by atomic mass is 10.0. The summed E-state index contributed by atoms with van der Waals surface area (Å²) in [6.45, 7) is 2.13. The second-order valence-corrected chi connectivity index (χ2v) is 6.09. The molecular formula is C22H23NO2. The first-order valence-corrected chi connectivity index (χ1v) is 8.73. The van der Waals surface area contributed by atoms with Crippen LogP contribution in [0.2, 0.25) is 0 Å². The van der Waals surface area contributed by atoms with Crippen LogP contribution >= 0.6 is 0 Å². The van der Waals surface area contributed by atoms with E-state index in [0.29, 0.717) is 0 Å². The molecule has 0 unspecified atom stereocenters. The number of hydrogen-bond acceptors (Lipinski definition) is 2. The third-order valence-corrected chi connectivity index (χ3v) is 4.22. The molecule has 1 atom stereocenters. The molecule has 128 valence electrons. The summed E-state index contributed by atoms with van der Waals surface area (Å²) >= 11 is 0. The molecule has 0 aliphatic carbocycles. The Bertz CT molecular complexity index is 824. The molecule has 0 radical (unpaired) electrons. The number of ether oxygens (including phenoxy) is 1. The zero-order chi connectivity index (χ0) is 17.5. The molecule has 0 heterocycles. The first-order valence-electron chi connectivity index (χ1n) is 8.73. The number of carbonyl (C=O) groups is 1. The summed E-state index contributed by atoms with van der Waals surface area (Å²) in [7, 11) is 0. The Balaban J connectivity index is 1.65. The summed E-state index contributed by atoms with van der Waals surface area (Å²) < 4.78 is 5.78. The van der Waals surface area contributed by atoms with Crippen molar-refractivity contribution in [3.63, 3.8) is 0 Å². The lowest BCUT2D eigenvalue weighted by Crippen LogP contribution is -2.32. The van der Waals surface area contributed by atoms with Crippen molar-refractivity contribution in [2.75, 3.05) is 6.61 Å². The largest absolute Gasteiger partial charge is 0.483 e. The minimum absolute atomic E-state index is 0.0149. The van der Waals surface area contributed by atoms with Gasteiger partial charge in [-0.05, 0) is 23.4 Å². The van der Waals surface area contributed by atoms with E-state index in [-0.39, 0.29) is 18.6 Å². The van der Waals surface area contributed by atoms with E-state index in [1.165, 1.54) is 0 Å². The summed E-state index contributed by atoms with van der Waals surface area (Å²) in [5.41, 5.74) is 1.13. The minimum atomic E-state index is -0.102. The molecular weight excluding hydrogens is 310 g/mol. The number of amides is 1. The second kappa shape index (κ2) is 8.34. The molecule has 0 aliphatic heterocycles. The predicted octanol–water partition coefficient (Wildman–Crippen LogP) is 4.88. The summed E-state index contributed by atoms with van der Waals surface area (Å²) in [4.78, 5) is 12.4. The van der Waals surface area contributed by atoms with Crippen LogP contribution in [-0.4, -0.2) is 12.5 Å². The van der Waals surface area contributed by atoms with Gasteiger partial charge in [0.2, 0.25) is 0 Å². The quantitative estimate of drug-likeness (QED) is 0.669. The van der Waals surface area contributed by atoms with Crippen LogP contribution in [0.1, 0.15) is 31.4 Å². The van der Waals surface area contributed by atoms with E-state index >= 15 is 0 Å². The summed E-state index contributed by atoms with van der Waals surface area (Å²) in [6, 6.07) is 24.0. The van der Waals surface area contributed by atoms with Crippen LogP contribution < -0.4 is 10.1 Å². The van der Waals surface area contributed by atoms with Gasteiger partial charge in [-0.25, -0.2) is 0 Å². The number of nitrogens with one attached hydrogen (secondary N) is 1. The second-order valence-electron chi connectivity index (χ2n) is 6.09. The van der Waals surface area contributed by atoms with Crippen LogP contribution in [0.4, 0.5) is 0 Å². The van der Waals surface area contributed by atoms with Gasteiger partial charge in [-0.1, -0.05) is 80.1 Å². The van der Waals surface area contributed by atoms with Crippen LogP contribution in [0.15, 0.2) is 72.8 Å². The highest BCUT2D eigenvalue weighted by atomic mass is 16.5. The topological polar surface area (TPSA) is 38.3 Å². The Morgan fingerprint density at radius 1 is 0.960 bits per heavy atom. The van der Waals surface area contributed by atoms with Crippen molar-refractivity contribution in [3.05, 3.63) is 78.4 Å². The van der Waals surface area contributed by atoms with Crippen molar-refractivity contribution in [2.24, 2.45) is 0 Å². The van der Waals surface area contributed by atoms with Gasteiger partial charge in [0.15, 0.2) is 6.61 Å². The van der Waals surface area contributed by atoms with E-state index < -0.39 is 0 Å². The average molecular weight is 333 g/mol. The fraction of sp³-hybridized carbons (Fsp3) is 0.227. The molecule has 3 heteroatoms. The van der Waals surface area contributed by atoms with Crippen molar-refractivity contribution >= 4 is 16.7 Å². The van der Waals surface area contributed by atoms with Gasteiger partial charge in [0.05, 0.1) is 6.04 Å². The van der Waals surface area contributed by atoms with Gasteiger partial charge in [0.1, 0.15) is 5.75 Å². The summed E-state index contributed by atoms with van der Waals surface area (Å²) in [5, 5.41) is 5.21. The molecule has 0 aromatic heterocycles. The Hall–Kier alpha value is -2.81. The lowest BCUT2D eigenvalue weighted by Gasteiger charge is -2.19. The van der Waals surface area contributed by atoms with Crippen molar-refractivity contribution in [1.29, 1.82) is 0 Å². The Morgan fingerprint density at radius 2 is 1.68 bits per heavy atom. The van der Waals surface area contributed by atoms with Crippen LogP contribution in [0.5, 0.6) is 5.75 Å². The van der Waals surface area contributed by atoms with Crippen molar-refractivity contribution in [1.82, 2.24) is 5.32 Å². The van der Waals surface area contributed by atoms with Crippen molar-refractivity contribution in [2.45, 2.75) is 25.8 Å². The van der Waals surface area contributed by atoms with Gasteiger partial charge >= 0.3 is 0 Å². The number of carbonyl (C=O) groups excluding carboxylic acids is 1. The molecule has 3 aromatic carbocycles. The highest BCUT2D eigenvalue weighted by molar-refractivity contribution is 5.88. The third-order valence-electron chi connectivity index (χ3n) is 4.22. The predicted molar refractivity (Wildman–Crippen MR) is 102 cm³/mol. The van der Waals surface area contributed by atoms with Crippen LogP contribution in [0.25, 0.3) is 10.8 Å². The average Bonchev–Trinajstić information content (AvgIpc) is 2.66. The number of fused-ring (bicyclic) bond motifs is 1. The van der Waals surface area contributed by atoms with Gasteiger partial charge < -0.3 is 10.1 Å². The molecule has 0 spiro atoms. The molecule has 0 bridgehead atoms. The molecule has 0 fully saturated rings. The Kier molecular flexibility index (Phi) is 5.68. The number of benzene rings is 3. The van der Waals surface area contributed by atoms with Gasteiger partial charge in [-0.15, -0.1) is 0 Å². The zero-order valence-electron chi connectivity index (χ0n) is 14.4.